The van der Waals surface area contributed by atoms with Gasteiger partial charge in [-0.1, -0.05) is 0 Å². The van der Waals surface area contributed by atoms with Crippen molar-refractivity contribution in [1.29, 1.82) is 0 Å². The summed E-state index contributed by atoms with van der Waals surface area (Å²) >= 11 is 0. The van der Waals surface area contributed by atoms with Gasteiger partial charge in [-0.25, -0.2) is 4.98 Å². The Labute approximate surface area is 122 Å². The molecule has 20 heavy (non-hydrogen) atoms. The first-order chi connectivity index (χ1) is 9.59. The van der Waals surface area contributed by atoms with Gasteiger partial charge in [0.05, 0.1) is 13.2 Å². The Balaban J connectivity index is 2.09. The lowest BCUT2D eigenvalue weighted by Gasteiger charge is -2.45. The molecule has 1 aliphatic heterocycles. The molecule has 1 saturated heterocycles. The van der Waals surface area contributed by atoms with E-state index in [1.165, 1.54) is 0 Å². The number of aryl methyl sites for hydroxylation is 1. The molecule has 1 N–H and O–H groups in total. The zero-order valence-electron chi connectivity index (χ0n) is 13.2. The van der Waals surface area contributed by atoms with E-state index >= 15 is 0 Å². The lowest BCUT2D eigenvalue weighted by atomic mass is 9.89. The molecule has 0 bridgehead atoms. The summed E-state index contributed by atoms with van der Waals surface area (Å²) in [6.07, 6.45) is 4.90. The minimum atomic E-state index is 0.0864. The molecule has 1 atom stereocenters. The monoisotopic (exact) mass is 280 g/mol. The van der Waals surface area contributed by atoms with Crippen LogP contribution in [-0.4, -0.2) is 59.4 Å². The van der Waals surface area contributed by atoms with E-state index in [1.807, 2.05) is 13.2 Å². The highest BCUT2D eigenvalue weighted by Gasteiger charge is 2.36. The second-order valence-corrected chi connectivity index (χ2v) is 5.93. The molecule has 5 nitrogen and oxygen atoms in total. The SMILES string of the molecule is CCn1ccnc1CC(NC)C(C)(C)N1CCOCC1. The third kappa shape index (κ3) is 3.22. The van der Waals surface area contributed by atoms with Gasteiger partial charge in [0, 0.05) is 50.0 Å². The van der Waals surface area contributed by atoms with Crippen molar-refractivity contribution in [2.75, 3.05) is 33.4 Å². The van der Waals surface area contributed by atoms with Gasteiger partial charge in [-0.3, -0.25) is 4.90 Å². The number of likely N-dealkylation sites (N-methyl/N-ethyl adjacent to an activating group) is 1. The van der Waals surface area contributed by atoms with Crippen LogP contribution in [-0.2, 0) is 17.7 Å². The third-order valence-corrected chi connectivity index (χ3v) is 4.56. The Bertz CT molecular complexity index is 410. The van der Waals surface area contributed by atoms with Gasteiger partial charge in [-0.15, -0.1) is 0 Å². The zero-order chi connectivity index (χ0) is 14.6. The number of nitrogens with zero attached hydrogens (tertiary/aromatic N) is 3. The van der Waals surface area contributed by atoms with Crippen molar-refractivity contribution in [1.82, 2.24) is 19.8 Å². The number of aromatic nitrogens is 2. The fraction of sp³-hybridized carbons (Fsp3) is 0.800. The fourth-order valence-electron chi connectivity index (χ4n) is 3.07. The van der Waals surface area contributed by atoms with Crippen molar-refractivity contribution < 1.29 is 4.74 Å². The van der Waals surface area contributed by atoms with E-state index in [0.29, 0.717) is 6.04 Å². The van der Waals surface area contributed by atoms with E-state index in [-0.39, 0.29) is 5.54 Å². The quantitative estimate of drug-likeness (QED) is 0.849. The molecule has 114 valence electrons. The van der Waals surface area contributed by atoms with Gasteiger partial charge >= 0.3 is 0 Å². The van der Waals surface area contributed by atoms with Crippen LogP contribution in [0.1, 0.15) is 26.6 Å². The van der Waals surface area contributed by atoms with Crippen LogP contribution in [0.5, 0.6) is 0 Å². The van der Waals surface area contributed by atoms with Crippen molar-refractivity contribution >= 4 is 0 Å². The highest BCUT2D eigenvalue weighted by atomic mass is 16.5. The van der Waals surface area contributed by atoms with Crippen LogP contribution in [0.15, 0.2) is 12.4 Å². The molecular formula is C15H28N4O. The molecule has 1 fully saturated rings. The number of nitrogens with one attached hydrogen (secondary N) is 1. The number of morpholine rings is 1. The Morgan fingerprint density at radius 1 is 1.40 bits per heavy atom. The van der Waals surface area contributed by atoms with Gasteiger partial charge < -0.3 is 14.6 Å². The van der Waals surface area contributed by atoms with Crippen molar-refractivity contribution in [3.63, 3.8) is 0 Å². The smallest absolute Gasteiger partial charge is 0.110 e. The van der Waals surface area contributed by atoms with E-state index in [4.69, 9.17) is 4.74 Å². The van der Waals surface area contributed by atoms with Crippen LogP contribution in [0.3, 0.4) is 0 Å². The molecule has 2 heterocycles. The summed E-state index contributed by atoms with van der Waals surface area (Å²) in [5.74, 6) is 1.16. The second kappa shape index (κ2) is 6.70. The van der Waals surface area contributed by atoms with Crippen LogP contribution in [0.25, 0.3) is 0 Å². The summed E-state index contributed by atoms with van der Waals surface area (Å²) in [6.45, 7) is 11.5. The summed E-state index contributed by atoms with van der Waals surface area (Å²) in [4.78, 5) is 7.04. The first kappa shape index (κ1) is 15.5. The third-order valence-electron chi connectivity index (χ3n) is 4.56. The molecular weight excluding hydrogens is 252 g/mol. The van der Waals surface area contributed by atoms with E-state index in [9.17, 15) is 0 Å². The summed E-state index contributed by atoms with van der Waals surface area (Å²) in [5.41, 5.74) is 0.0864. The van der Waals surface area contributed by atoms with Gasteiger partial charge in [0.1, 0.15) is 5.82 Å². The van der Waals surface area contributed by atoms with Gasteiger partial charge in [0.2, 0.25) is 0 Å². The number of ether oxygens (including phenoxy) is 1. The average Bonchev–Trinajstić information content (AvgIpc) is 2.92. The summed E-state index contributed by atoms with van der Waals surface area (Å²) in [7, 11) is 2.05. The number of imidazole rings is 1. The molecule has 0 amide bonds. The standard InChI is InChI=1S/C15H28N4O/c1-5-18-7-6-17-14(18)12-13(16-4)15(2,3)19-8-10-20-11-9-19/h6-7,13,16H,5,8-12H2,1-4H3. The Morgan fingerprint density at radius 3 is 2.70 bits per heavy atom. The van der Waals surface area contributed by atoms with Crippen molar-refractivity contribution in [3.05, 3.63) is 18.2 Å². The number of rotatable bonds is 6. The van der Waals surface area contributed by atoms with Gasteiger partial charge in [0.25, 0.3) is 0 Å². The highest BCUT2D eigenvalue weighted by Crippen LogP contribution is 2.23. The first-order valence-electron chi connectivity index (χ1n) is 7.59. The minimum Gasteiger partial charge on any atom is -0.379 e. The lowest BCUT2D eigenvalue weighted by molar-refractivity contribution is -0.0226. The van der Waals surface area contributed by atoms with E-state index in [0.717, 1.165) is 45.1 Å². The highest BCUT2D eigenvalue weighted by molar-refractivity contribution is 5.02. The van der Waals surface area contributed by atoms with Crippen LogP contribution in [0, 0.1) is 0 Å². The zero-order valence-corrected chi connectivity index (χ0v) is 13.2. The molecule has 0 aromatic carbocycles. The van der Waals surface area contributed by atoms with E-state index in [1.54, 1.807) is 0 Å². The molecule has 2 rings (SSSR count). The van der Waals surface area contributed by atoms with Crippen LogP contribution < -0.4 is 5.32 Å². The maximum absolute atomic E-state index is 5.47. The maximum Gasteiger partial charge on any atom is 0.110 e. The maximum atomic E-state index is 5.47. The van der Waals surface area contributed by atoms with Crippen molar-refractivity contribution in [2.24, 2.45) is 0 Å². The molecule has 0 saturated carbocycles. The molecule has 0 aliphatic carbocycles. The first-order valence-corrected chi connectivity index (χ1v) is 7.59. The lowest BCUT2D eigenvalue weighted by Crippen LogP contribution is -2.60. The molecule has 1 aliphatic rings. The van der Waals surface area contributed by atoms with Gasteiger partial charge in [0.15, 0.2) is 0 Å². The largest absolute Gasteiger partial charge is 0.379 e. The van der Waals surface area contributed by atoms with Gasteiger partial charge in [-0.2, -0.15) is 0 Å². The molecule has 1 aromatic rings. The van der Waals surface area contributed by atoms with Gasteiger partial charge in [-0.05, 0) is 27.8 Å². The Kier molecular flexibility index (Phi) is 5.18. The van der Waals surface area contributed by atoms with Crippen LogP contribution in [0.4, 0.5) is 0 Å². The van der Waals surface area contributed by atoms with E-state index in [2.05, 4.69) is 46.7 Å². The molecule has 1 aromatic heterocycles. The molecule has 5 heteroatoms. The normalized spacial score (nSPS) is 19.2. The topological polar surface area (TPSA) is 42.3 Å². The molecule has 1 unspecified atom stereocenters. The molecule has 0 radical (unpaired) electrons. The van der Waals surface area contributed by atoms with E-state index < -0.39 is 0 Å². The summed E-state index contributed by atoms with van der Waals surface area (Å²) in [5, 5.41) is 3.49. The minimum absolute atomic E-state index is 0.0864. The Morgan fingerprint density at radius 2 is 2.10 bits per heavy atom. The van der Waals surface area contributed by atoms with Crippen molar-refractivity contribution in [3.8, 4) is 0 Å². The number of hydrogen-bond donors (Lipinski definition) is 1. The van der Waals surface area contributed by atoms with Crippen molar-refractivity contribution in [2.45, 2.75) is 45.3 Å². The van der Waals surface area contributed by atoms with Crippen LogP contribution >= 0.6 is 0 Å². The summed E-state index contributed by atoms with van der Waals surface area (Å²) < 4.78 is 7.69. The predicted molar refractivity (Wildman–Crippen MR) is 80.9 cm³/mol. The second-order valence-electron chi connectivity index (χ2n) is 5.93. The Hall–Kier alpha value is -0.910. The molecule has 0 spiro atoms. The van der Waals surface area contributed by atoms with Crippen LogP contribution in [0.2, 0.25) is 0 Å². The average molecular weight is 280 g/mol. The number of hydrogen-bond acceptors (Lipinski definition) is 4. The summed E-state index contributed by atoms with van der Waals surface area (Å²) in [6, 6.07) is 0.369. The predicted octanol–water partition coefficient (Wildman–Crippen LogP) is 1.14. The fourth-order valence-corrected chi connectivity index (χ4v) is 3.07.